The first kappa shape index (κ1) is 14.5. The normalized spacial score (nSPS) is 11.4. The van der Waals surface area contributed by atoms with E-state index in [9.17, 15) is 13.2 Å². The standard InChI is InChI=1S/C13H11ClF3N3/c1-7-4-12(19-6-11(7)18)20-8-2-3-10(14)9(5-8)13(15,16)17/h2-6H,18H2,1H3,(H,19,20). The van der Waals surface area contributed by atoms with Crippen LogP contribution in [0.15, 0.2) is 30.5 Å². The third kappa shape index (κ3) is 3.14. The Labute approximate surface area is 118 Å². The molecule has 0 amide bonds. The van der Waals surface area contributed by atoms with Gasteiger partial charge in [0.1, 0.15) is 5.82 Å². The highest BCUT2D eigenvalue weighted by Crippen LogP contribution is 2.36. The largest absolute Gasteiger partial charge is 0.417 e. The van der Waals surface area contributed by atoms with Crippen LogP contribution in [0.4, 0.5) is 30.4 Å². The van der Waals surface area contributed by atoms with Gasteiger partial charge < -0.3 is 11.1 Å². The van der Waals surface area contributed by atoms with Crippen molar-refractivity contribution in [1.29, 1.82) is 0 Å². The topological polar surface area (TPSA) is 50.9 Å². The van der Waals surface area contributed by atoms with E-state index in [1.165, 1.54) is 18.3 Å². The molecule has 0 unspecified atom stereocenters. The van der Waals surface area contributed by atoms with E-state index in [2.05, 4.69) is 10.3 Å². The number of nitrogens with zero attached hydrogens (tertiary/aromatic N) is 1. The van der Waals surface area contributed by atoms with Crippen molar-refractivity contribution in [3.05, 3.63) is 46.6 Å². The SMILES string of the molecule is Cc1cc(Nc2ccc(Cl)c(C(F)(F)F)c2)ncc1N. The highest BCUT2D eigenvalue weighted by atomic mass is 35.5. The second kappa shape index (κ2) is 5.20. The van der Waals surface area contributed by atoms with Gasteiger partial charge >= 0.3 is 6.18 Å². The van der Waals surface area contributed by atoms with Gasteiger partial charge in [-0.05, 0) is 36.8 Å². The Bertz CT molecular complexity index is 641. The van der Waals surface area contributed by atoms with Crippen molar-refractivity contribution in [2.24, 2.45) is 0 Å². The van der Waals surface area contributed by atoms with Crippen LogP contribution in [0.1, 0.15) is 11.1 Å². The number of rotatable bonds is 2. The lowest BCUT2D eigenvalue weighted by molar-refractivity contribution is -0.137. The first-order chi connectivity index (χ1) is 9.27. The molecule has 3 N–H and O–H groups in total. The van der Waals surface area contributed by atoms with Crippen LogP contribution in [0.25, 0.3) is 0 Å². The van der Waals surface area contributed by atoms with Crippen LogP contribution in [0.5, 0.6) is 0 Å². The first-order valence-electron chi connectivity index (χ1n) is 5.63. The van der Waals surface area contributed by atoms with Gasteiger partial charge in [-0.3, -0.25) is 0 Å². The zero-order chi connectivity index (χ0) is 14.9. The van der Waals surface area contributed by atoms with E-state index in [0.29, 0.717) is 11.5 Å². The van der Waals surface area contributed by atoms with E-state index >= 15 is 0 Å². The Morgan fingerprint density at radius 3 is 2.55 bits per heavy atom. The van der Waals surface area contributed by atoms with E-state index in [1.54, 1.807) is 13.0 Å². The highest BCUT2D eigenvalue weighted by Gasteiger charge is 2.33. The van der Waals surface area contributed by atoms with Crippen molar-refractivity contribution in [2.75, 3.05) is 11.1 Å². The summed E-state index contributed by atoms with van der Waals surface area (Å²) in [5.74, 6) is 0.409. The van der Waals surface area contributed by atoms with E-state index in [-0.39, 0.29) is 10.7 Å². The van der Waals surface area contributed by atoms with E-state index in [4.69, 9.17) is 17.3 Å². The molecule has 2 aromatic rings. The van der Waals surface area contributed by atoms with Crippen molar-refractivity contribution in [1.82, 2.24) is 4.98 Å². The lowest BCUT2D eigenvalue weighted by Crippen LogP contribution is -2.06. The third-order valence-corrected chi connectivity index (χ3v) is 3.03. The average molecular weight is 302 g/mol. The van der Waals surface area contributed by atoms with Gasteiger partial charge in [-0.2, -0.15) is 13.2 Å². The molecule has 0 aliphatic heterocycles. The number of alkyl halides is 3. The number of nitrogen functional groups attached to an aromatic ring is 1. The summed E-state index contributed by atoms with van der Waals surface area (Å²) < 4.78 is 38.2. The third-order valence-electron chi connectivity index (χ3n) is 2.70. The molecule has 0 bridgehead atoms. The fraction of sp³-hybridized carbons (Fsp3) is 0.154. The van der Waals surface area contributed by atoms with Gasteiger partial charge in [-0.1, -0.05) is 11.6 Å². The van der Waals surface area contributed by atoms with E-state index in [1.807, 2.05) is 0 Å². The molecular formula is C13H11ClF3N3. The van der Waals surface area contributed by atoms with Gasteiger partial charge in [0, 0.05) is 5.69 Å². The number of benzene rings is 1. The molecule has 106 valence electrons. The molecule has 0 aliphatic rings. The van der Waals surface area contributed by atoms with Crippen LogP contribution in [-0.4, -0.2) is 4.98 Å². The molecule has 3 nitrogen and oxygen atoms in total. The fourth-order valence-electron chi connectivity index (χ4n) is 1.60. The predicted molar refractivity (Wildman–Crippen MR) is 73.1 cm³/mol. The van der Waals surface area contributed by atoms with Crippen molar-refractivity contribution in [3.8, 4) is 0 Å². The van der Waals surface area contributed by atoms with Gasteiger partial charge in [0.2, 0.25) is 0 Å². The van der Waals surface area contributed by atoms with Gasteiger partial charge in [0.25, 0.3) is 0 Å². The van der Waals surface area contributed by atoms with Gasteiger partial charge in [-0.25, -0.2) is 4.98 Å². The van der Waals surface area contributed by atoms with Crippen molar-refractivity contribution in [3.63, 3.8) is 0 Å². The molecule has 0 saturated heterocycles. The van der Waals surface area contributed by atoms with Crippen molar-refractivity contribution in [2.45, 2.75) is 13.1 Å². The van der Waals surface area contributed by atoms with E-state index in [0.717, 1.165) is 11.6 Å². The molecule has 20 heavy (non-hydrogen) atoms. The molecular weight excluding hydrogens is 291 g/mol. The zero-order valence-corrected chi connectivity index (χ0v) is 11.2. The van der Waals surface area contributed by atoms with Crippen LogP contribution >= 0.6 is 11.6 Å². The Kier molecular flexibility index (Phi) is 3.76. The number of pyridine rings is 1. The maximum absolute atomic E-state index is 12.7. The molecule has 1 heterocycles. The highest BCUT2D eigenvalue weighted by molar-refractivity contribution is 6.31. The smallest absolute Gasteiger partial charge is 0.397 e. The second-order valence-electron chi connectivity index (χ2n) is 4.24. The number of nitrogens with one attached hydrogen (secondary N) is 1. The van der Waals surface area contributed by atoms with Gasteiger partial charge in [0.05, 0.1) is 22.5 Å². The van der Waals surface area contributed by atoms with Crippen LogP contribution in [-0.2, 0) is 6.18 Å². The Morgan fingerprint density at radius 2 is 1.95 bits per heavy atom. The van der Waals surface area contributed by atoms with Crippen LogP contribution in [0.2, 0.25) is 5.02 Å². The number of nitrogens with two attached hydrogens (primary N) is 1. The Balaban J connectivity index is 2.32. The number of anilines is 3. The Hall–Kier alpha value is -1.95. The number of aryl methyl sites for hydroxylation is 1. The van der Waals surface area contributed by atoms with E-state index < -0.39 is 11.7 Å². The molecule has 2 rings (SSSR count). The maximum atomic E-state index is 12.7. The monoisotopic (exact) mass is 301 g/mol. The molecule has 0 radical (unpaired) electrons. The summed E-state index contributed by atoms with van der Waals surface area (Å²) in [7, 11) is 0. The average Bonchev–Trinajstić information content (AvgIpc) is 2.35. The number of halogens is 4. The minimum atomic E-state index is -4.50. The minimum absolute atomic E-state index is 0.249. The summed E-state index contributed by atoms with van der Waals surface area (Å²) in [6.07, 6.45) is -3.06. The van der Waals surface area contributed by atoms with Gasteiger partial charge in [-0.15, -0.1) is 0 Å². The number of hydrogen-bond donors (Lipinski definition) is 2. The van der Waals surface area contributed by atoms with Crippen molar-refractivity contribution >= 4 is 28.8 Å². The summed E-state index contributed by atoms with van der Waals surface area (Å²) in [5, 5.41) is 2.44. The summed E-state index contributed by atoms with van der Waals surface area (Å²) in [4.78, 5) is 4.00. The fourth-order valence-corrected chi connectivity index (χ4v) is 1.83. The molecule has 0 aliphatic carbocycles. The molecule has 0 fully saturated rings. The van der Waals surface area contributed by atoms with Crippen LogP contribution in [0.3, 0.4) is 0 Å². The summed E-state index contributed by atoms with van der Waals surface area (Å²) >= 11 is 5.55. The summed E-state index contributed by atoms with van der Waals surface area (Å²) in [5.41, 5.74) is 6.28. The lowest BCUT2D eigenvalue weighted by atomic mass is 10.2. The molecule has 7 heteroatoms. The molecule has 0 spiro atoms. The van der Waals surface area contributed by atoms with Crippen LogP contribution in [0, 0.1) is 6.92 Å². The second-order valence-corrected chi connectivity index (χ2v) is 4.65. The number of aromatic nitrogens is 1. The molecule has 1 aromatic heterocycles. The lowest BCUT2D eigenvalue weighted by Gasteiger charge is -2.12. The van der Waals surface area contributed by atoms with Crippen LogP contribution < -0.4 is 11.1 Å². The summed E-state index contributed by atoms with van der Waals surface area (Å²) in [6.45, 7) is 1.78. The Morgan fingerprint density at radius 1 is 1.25 bits per heavy atom. The quantitative estimate of drug-likeness (QED) is 0.865. The number of hydrogen-bond acceptors (Lipinski definition) is 3. The molecule has 1 aromatic carbocycles. The zero-order valence-electron chi connectivity index (χ0n) is 10.4. The van der Waals surface area contributed by atoms with Gasteiger partial charge in [0.15, 0.2) is 0 Å². The predicted octanol–water partition coefficient (Wildman–Crippen LogP) is 4.39. The molecule has 0 atom stereocenters. The summed E-state index contributed by atoms with van der Waals surface area (Å²) in [6, 6.07) is 5.23. The maximum Gasteiger partial charge on any atom is 0.417 e. The molecule has 0 saturated carbocycles. The minimum Gasteiger partial charge on any atom is -0.397 e. The first-order valence-corrected chi connectivity index (χ1v) is 6.01. The van der Waals surface area contributed by atoms with Crippen molar-refractivity contribution < 1.29 is 13.2 Å².